The second kappa shape index (κ2) is 11.8. The van der Waals surface area contributed by atoms with Crippen molar-refractivity contribution in [3.63, 3.8) is 0 Å². The van der Waals surface area contributed by atoms with Gasteiger partial charge < -0.3 is 15.4 Å². The average molecular weight is 604 g/mol. The van der Waals surface area contributed by atoms with E-state index in [9.17, 15) is 14.9 Å². The molecule has 3 aromatic carbocycles. The normalized spacial score (nSPS) is 10.9. The van der Waals surface area contributed by atoms with Crippen molar-refractivity contribution >= 4 is 72.7 Å². The van der Waals surface area contributed by atoms with E-state index >= 15 is 0 Å². The van der Waals surface area contributed by atoms with E-state index in [1.54, 1.807) is 48.5 Å². The molecule has 2 amide bonds. The largest absolute Gasteiger partial charge is 0.481 e. The number of carbonyl (C=O) groups is 2. The lowest BCUT2D eigenvalue weighted by Gasteiger charge is -2.12. The molecular weight excluding hydrogens is 586 g/mol. The van der Waals surface area contributed by atoms with Crippen LogP contribution >= 0.6 is 43.5 Å². The quantitative estimate of drug-likeness (QED) is 0.231. The maximum Gasteiger partial charge on any atom is 0.266 e. The van der Waals surface area contributed by atoms with Crippen molar-refractivity contribution in [2.45, 2.75) is 6.92 Å². The van der Waals surface area contributed by atoms with Crippen molar-refractivity contribution in [3.8, 4) is 11.8 Å². The highest BCUT2D eigenvalue weighted by molar-refractivity contribution is 9.11. The van der Waals surface area contributed by atoms with Crippen LogP contribution < -0.4 is 15.4 Å². The maximum atomic E-state index is 12.5. The van der Waals surface area contributed by atoms with Crippen LogP contribution in [0.15, 0.2) is 75.2 Å². The van der Waals surface area contributed by atoms with Crippen LogP contribution in [0.5, 0.6) is 5.75 Å². The Balaban J connectivity index is 1.68. The van der Waals surface area contributed by atoms with Crippen molar-refractivity contribution in [2.75, 3.05) is 17.2 Å². The highest BCUT2D eigenvalue weighted by Gasteiger charge is 2.14. The Bertz CT molecular complexity index is 1260. The molecule has 6 nitrogen and oxygen atoms in total. The smallest absolute Gasteiger partial charge is 0.266 e. The summed E-state index contributed by atoms with van der Waals surface area (Å²) >= 11 is 12.7. The number of aryl methyl sites for hydroxylation is 1. The number of anilines is 2. The minimum absolute atomic E-state index is 0.0598. The molecule has 0 atom stereocenters. The Morgan fingerprint density at radius 2 is 1.56 bits per heavy atom. The molecule has 0 fully saturated rings. The Labute approximate surface area is 218 Å². The molecule has 34 heavy (non-hydrogen) atoms. The first kappa shape index (κ1) is 25.5. The van der Waals surface area contributed by atoms with Gasteiger partial charge in [0.15, 0.2) is 6.61 Å². The molecule has 0 aliphatic heterocycles. The van der Waals surface area contributed by atoms with Crippen LogP contribution in [0.2, 0.25) is 5.02 Å². The van der Waals surface area contributed by atoms with Crippen molar-refractivity contribution < 1.29 is 14.3 Å². The summed E-state index contributed by atoms with van der Waals surface area (Å²) in [5.74, 6) is -0.451. The molecule has 0 aliphatic rings. The number of halogens is 3. The van der Waals surface area contributed by atoms with Gasteiger partial charge in [-0.15, -0.1) is 0 Å². The minimum Gasteiger partial charge on any atom is -0.481 e. The predicted molar refractivity (Wildman–Crippen MR) is 141 cm³/mol. The summed E-state index contributed by atoms with van der Waals surface area (Å²) in [6.07, 6.45) is 1.47. The van der Waals surface area contributed by atoms with Crippen LogP contribution in [0.1, 0.15) is 11.1 Å². The number of nitrogens with zero attached hydrogens (tertiary/aromatic N) is 1. The molecule has 0 aromatic heterocycles. The number of nitriles is 1. The summed E-state index contributed by atoms with van der Waals surface area (Å²) in [4.78, 5) is 24.7. The average Bonchev–Trinajstić information content (AvgIpc) is 2.80. The third kappa shape index (κ3) is 7.19. The molecule has 3 aromatic rings. The molecule has 0 radical (unpaired) electrons. The van der Waals surface area contributed by atoms with Crippen molar-refractivity contribution in [1.82, 2.24) is 0 Å². The summed E-state index contributed by atoms with van der Waals surface area (Å²) in [5.41, 5.74) is 2.79. The van der Waals surface area contributed by atoms with Gasteiger partial charge in [-0.2, -0.15) is 5.26 Å². The summed E-state index contributed by atoms with van der Waals surface area (Å²) in [5, 5.41) is 15.5. The molecule has 0 heterocycles. The Morgan fingerprint density at radius 1 is 1.00 bits per heavy atom. The van der Waals surface area contributed by atoms with Crippen LogP contribution in [-0.2, 0) is 9.59 Å². The molecule has 9 heteroatoms. The first-order chi connectivity index (χ1) is 16.2. The molecule has 2 N–H and O–H groups in total. The fraction of sp³-hybridized carbons (Fsp3) is 0.0800. The molecule has 0 spiro atoms. The van der Waals surface area contributed by atoms with Crippen LogP contribution in [0, 0.1) is 18.3 Å². The van der Waals surface area contributed by atoms with Crippen LogP contribution in [-0.4, -0.2) is 18.4 Å². The zero-order valence-corrected chi connectivity index (χ0v) is 21.8. The molecule has 3 rings (SSSR count). The van der Waals surface area contributed by atoms with Gasteiger partial charge in [-0.05, 0) is 99.0 Å². The number of ether oxygens (including phenoxy) is 1. The lowest BCUT2D eigenvalue weighted by atomic mass is 10.1. The van der Waals surface area contributed by atoms with Crippen molar-refractivity contribution in [2.24, 2.45) is 0 Å². The number of nitrogens with one attached hydrogen (secondary N) is 2. The SMILES string of the molecule is Cc1ccc(NC(=O)/C(C#N)=C/c2cc(Br)c(OCC(=O)Nc3ccc(Cl)cc3)c(Br)c2)cc1. The zero-order chi connectivity index (χ0) is 24.7. The molecule has 0 saturated carbocycles. The lowest BCUT2D eigenvalue weighted by Crippen LogP contribution is -2.20. The second-order valence-corrected chi connectivity index (χ2v) is 9.29. The molecule has 0 saturated heterocycles. The van der Waals surface area contributed by atoms with Gasteiger partial charge in [0.1, 0.15) is 17.4 Å². The van der Waals surface area contributed by atoms with E-state index in [2.05, 4.69) is 42.5 Å². The minimum atomic E-state index is -0.516. The van der Waals surface area contributed by atoms with E-state index in [1.165, 1.54) is 6.08 Å². The molecule has 0 bridgehead atoms. The van der Waals surface area contributed by atoms with Gasteiger partial charge in [0.2, 0.25) is 0 Å². The Morgan fingerprint density at radius 3 is 2.15 bits per heavy atom. The van der Waals surface area contributed by atoms with E-state index in [1.807, 2.05) is 25.1 Å². The first-order valence-corrected chi connectivity index (χ1v) is 11.9. The second-order valence-electron chi connectivity index (χ2n) is 7.15. The molecular formula is C25H18Br2ClN3O3. The van der Waals surface area contributed by atoms with Gasteiger partial charge in [-0.1, -0.05) is 29.3 Å². The standard InChI is InChI=1S/C25H18Br2ClN3O3/c1-15-2-6-20(7-3-15)31-25(33)17(13-29)10-16-11-21(26)24(22(27)12-16)34-14-23(32)30-19-8-4-18(28)5-9-19/h2-12H,14H2,1H3,(H,30,32)(H,31,33)/b17-10+. The third-order valence-electron chi connectivity index (χ3n) is 4.48. The molecule has 0 unspecified atom stereocenters. The summed E-state index contributed by atoms with van der Waals surface area (Å²) < 4.78 is 6.74. The fourth-order valence-corrected chi connectivity index (χ4v) is 4.40. The fourth-order valence-electron chi connectivity index (χ4n) is 2.82. The number of benzene rings is 3. The van der Waals surface area contributed by atoms with Crippen LogP contribution in [0.4, 0.5) is 11.4 Å². The van der Waals surface area contributed by atoms with E-state index in [-0.39, 0.29) is 18.1 Å². The summed E-state index contributed by atoms with van der Waals surface area (Å²) in [7, 11) is 0. The van der Waals surface area contributed by atoms with Gasteiger partial charge in [-0.25, -0.2) is 0 Å². The highest BCUT2D eigenvalue weighted by Crippen LogP contribution is 2.35. The number of hydrogen-bond acceptors (Lipinski definition) is 4. The van der Waals surface area contributed by atoms with Crippen molar-refractivity contribution in [1.29, 1.82) is 5.26 Å². The van der Waals surface area contributed by atoms with Gasteiger partial charge in [-0.3, -0.25) is 9.59 Å². The first-order valence-electron chi connectivity index (χ1n) is 9.92. The topological polar surface area (TPSA) is 91.2 Å². The van der Waals surface area contributed by atoms with E-state index in [0.29, 0.717) is 36.7 Å². The number of rotatable bonds is 7. The van der Waals surface area contributed by atoms with Crippen molar-refractivity contribution in [3.05, 3.63) is 91.3 Å². The van der Waals surface area contributed by atoms with Crippen LogP contribution in [0.3, 0.4) is 0 Å². The van der Waals surface area contributed by atoms with Crippen LogP contribution in [0.25, 0.3) is 6.08 Å². The monoisotopic (exact) mass is 601 g/mol. The third-order valence-corrected chi connectivity index (χ3v) is 5.91. The Kier molecular flexibility index (Phi) is 8.88. The summed E-state index contributed by atoms with van der Waals surface area (Å²) in [6.45, 7) is 1.72. The molecule has 0 aliphatic carbocycles. The highest BCUT2D eigenvalue weighted by atomic mass is 79.9. The van der Waals surface area contributed by atoms with E-state index in [0.717, 1.165) is 5.56 Å². The van der Waals surface area contributed by atoms with Gasteiger partial charge in [0, 0.05) is 16.4 Å². The predicted octanol–water partition coefficient (Wildman–Crippen LogP) is 6.74. The maximum absolute atomic E-state index is 12.5. The number of carbonyl (C=O) groups excluding carboxylic acids is 2. The van der Waals surface area contributed by atoms with E-state index in [4.69, 9.17) is 16.3 Å². The Hall–Kier alpha value is -3.12. The number of hydrogen-bond donors (Lipinski definition) is 2. The van der Waals surface area contributed by atoms with Gasteiger partial charge >= 0.3 is 0 Å². The lowest BCUT2D eigenvalue weighted by molar-refractivity contribution is -0.118. The van der Waals surface area contributed by atoms with E-state index < -0.39 is 5.91 Å². The summed E-state index contributed by atoms with van der Waals surface area (Å²) in [6, 6.07) is 19.3. The van der Waals surface area contributed by atoms with Gasteiger partial charge in [0.05, 0.1) is 8.95 Å². The molecule has 172 valence electrons. The zero-order valence-electron chi connectivity index (χ0n) is 17.9. The number of amides is 2. The van der Waals surface area contributed by atoms with Gasteiger partial charge in [0.25, 0.3) is 11.8 Å².